The Labute approximate surface area is 182 Å². The Kier molecular flexibility index (Phi) is 4.28. The van der Waals surface area contributed by atoms with Gasteiger partial charge >= 0.3 is 0 Å². The van der Waals surface area contributed by atoms with Crippen molar-refractivity contribution >= 4 is 49.2 Å². The van der Waals surface area contributed by atoms with Crippen LogP contribution in [0.25, 0.3) is 49.2 Å². The van der Waals surface area contributed by atoms with E-state index in [0.717, 1.165) is 6.42 Å². The van der Waals surface area contributed by atoms with Gasteiger partial charge in [0.25, 0.3) is 0 Å². The Morgan fingerprint density at radius 1 is 0.419 bits per heavy atom. The first-order valence-corrected chi connectivity index (χ1v) is 10.8. The van der Waals surface area contributed by atoms with Crippen molar-refractivity contribution in [3.8, 4) is 0 Å². The summed E-state index contributed by atoms with van der Waals surface area (Å²) in [6.07, 6.45) is 5.53. The SMILES string of the molecule is C1=Cc2cccc3cccc(c23)C1.c1ccc2c(c1)ccc1c3ccccc3ccc21. The maximum Gasteiger partial charge on any atom is -0.00763 e. The van der Waals surface area contributed by atoms with Crippen molar-refractivity contribution in [3.05, 3.63) is 126 Å². The summed E-state index contributed by atoms with van der Waals surface area (Å²) in [6, 6.07) is 39.1. The lowest BCUT2D eigenvalue weighted by molar-refractivity contribution is 1.29. The molecule has 0 unspecified atom stereocenters. The predicted octanol–water partition coefficient (Wildman–Crippen LogP) is 8.56. The number of hydrogen-bond acceptors (Lipinski definition) is 0. The molecule has 0 heteroatoms. The zero-order chi connectivity index (χ0) is 20.6. The minimum Gasteiger partial charge on any atom is -0.0795 e. The molecule has 0 radical (unpaired) electrons. The van der Waals surface area contributed by atoms with E-state index in [2.05, 4.69) is 121 Å². The highest BCUT2D eigenvalue weighted by Gasteiger charge is 2.06. The molecular formula is C31H22. The largest absolute Gasteiger partial charge is 0.0795 e. The van der Waals surface area contributed by atoms with E-state index in [-0.39, 0.29) is 0 Å². The van der Waals surface area contributed by atoms with Gasteiger partial charge in [-0.1, -0.05) is 121 Å². The van der Waals surface area contributed by atoms with Crippen molar-refractivity contribution < 1.29 is 0 Å². The van der Waals surface area contributed by atoms with Gasteiger partial charge in [-0.2, -0.15) is 0 Å². The van der Waals surface area contributed by atoms with Crippen molar-refractivity contribution in [2.75, 3.05) is 0 Å². The average Bonchev–Trinajstić information content (AvgIpc) is 2.85. The van der Waals surface area contributed by atoms with E-state index in [4.69, 9.17) is 0 Å². The third-order valence-corrected chi connectivity index (χ3v) is 6.31. The summed E-state index contributed by atoms with van der Waals surface area (Å²) in [5, 5.41) is 10.8. The van der Waals surface area contributed by atoms with Gasteiger partial charge in [-0.15, -0.1) is 0 Å². The molecule has 6 aromatic rings. The van der Waals surface area contributed by atoms with Crippen LogP contribution in [0, 0.1) is 0 Å². The summed E-state index contributed by atoms with van der Waals surface area (Å²) in [5.74, 6) is 0. The molecule has 1 aliphatic carbocycles. The van der Waals surface area contributed by atoms with Crippen LogP contribution < -0.4 is 0 Å². The molecule has 0 spiro atoms. The summed E-state index contributed by atoms with van der Waals surface area (Å²) >= 11 is 0. The molecule has 7 rings (SSSR count). The van der Waals surface area contributed by atoms with E-state index in [1.165, 1.54) is 54.2 Å². The highest BCUT2D eigenvalue weighted by atomic mass is 14.1. The van der Waals surface area contributed by atoms with E-state index in [9.17, 15) is 0 Å². The van der Waals surface area contributed by atoms with E-state index in [1.54, 1.807) is 0 Å². The second-order valence-electron chi connectivity index (χ2n) is 8.14. The number of hydrogen-bond donors (Lipinski definition) is 0. The third kappa shape index (κ3) is 3.08. The summed E-state index contributed by atoms with van der Waals surface area (Å²) < 4.78 is 0. The Morgan fingerprint density at radius 3 is 1.68 bits per heavy atom. The molecule has 0 saturated carbocycles. The maximum atomic E-state index is 2.24. The molecule has 0 atom stereocenters. The van der Waals surface area contributed by atoms with E-state index in [0.29, 0.717) is 0 Å². The van der Waals surface area contributed by atoms with Crippen molar-refractivity contribution in [3.63, 3.8) is 0 Å². The molecule has 0 nitrogen and oxygen atoms in total. The smallest absolute Gasteiger partial charge is 0.00763 e. The lowest BCUT2D eigenvalue weighted by Gasteiger charge is -2.11. The van der Waals surface area contributed by atoms with Gasteiger partial charge in [0.05, 0.1) is 0 Å². The van der Waals surface area contributed by atoms with Crippen LogP contribution in [0.3, 0.4) is 0 Å². The van der Waals surface area contributed by atoms with Crippen LogP contribution in [0.2, 0.25) is 0 Å². The van der Waals surface area contributed by atoms with Crippen LogP contribution in [-0.2, 0) is 6.42 Å². The first kappa shape index (κ1) is 17.9. The zero-order valence-corrected chi connectivity index (χ0v) is 17.3. The molecular weight excluding hydrogens is 372 g/mol. The van der Waals surface area contributed by atoms with Crippen molar-refractivity contribution in [1.82, 2.24) is 0 Å². The molecule has 31 heavy (non-hydrogen) atoms. The van der Waals surface area contributed by atoms with Gasteiger partial charge in [-0.05, 0) is 60.6 Å². The molecule has 0 saturated heterocycles. The molecule has 146 valence electrons. The summed E-state index contributed by atoms with van der Waals surface area (Å²) in [6.45, 7) is 0. The van der Waals surface area contributed by atoms with Gasteiger partial charge < -0.3 is 0 Å². The van der Waals surface area contributed by atoms with Crippen LogP contribution >= 0.6 is 0 Å². The normalized spacial score (nSPS) is 12.3. The van der Waals surface area contributed by atoms with Crippen LogP contribution in [0.15, 0.2) is 115 Å². The topological polar surface area (TPSA) is 0 Å². The van der Waals surface area contributed by atoms with Gasteiger partial charge in [-0.3, -0.25) is 0 Å². The van der Waals surface area contributed by atoms with E-state index >= 15 is 0 Å². The first-order valence-electron chi connectivity index (χ1n) is 10.8. The molecule has 0 bridgehead atoms. The number of rotatable bonds is 0. The molecule has 6 aromatic carbocycles. The fourth-order valence-electron chi connectivity index (χ4n) is 4.84. The van der Waals surface area contributed by atoms with E-state index in [1.807, 2.05) is 0 Å². The van der Waals surface area contributed by atoms with Crippen LogP contribution in [0.1, 0.15) is 11.1 Å². The number of benzene rings is 6. The van der Waals surface area contributed by atoms with E-state index < -0.39 is 0 Å². The van der Waals surface area contributed by atoms with Crippen LogP contribution in [-0.4, -0.2) is 0 Å². The highest BCUT2D eigenvalue weighted by Crippen LogP contribution is 2.31. The zero-order valence-electron chi connectivity index (χ0n) is 17.3. The summed E-state index contributed by atoms with van der Waals surface area (Å²) in [4.78, 5) is 0. The first-order chi connectivity index (χ1) is 15.4. The number of allylic oxidation sites excluding steroid dienone is 1. The summed E-state index contributed by atoms with van der Waals surface area (Å²) in [7, 11) is 0. The fourth-order valence-corrected chi connectivity index (χ4v) is 4.84. The second-order valence-corrected chi connectivity index (χ2v) is 8.14. The average molecular weight is 395 g/mol. The molecule has 0 amide bonds. The fraction of sp³-hybridized carbons (Fsp3) is 0.0323. The van der Waals surface area contributed by atoms with Crippen molar-refractivity contribution in [1.29, 1.82) is 0 Å². The molecule has 1 aliphatic rings. The monoisotopic (exact) mass is 394 g/mol. The van der Waals surface area contributed by atoms with Gasteiger partial charge in [0, 0.05) is 0 Å². The van der Waals surface area contributed by atoms with Gasteiger partial charge in [-0.25, -0.2) is 0 Å². The standard InChI is InChI=1S/C18H12.C13H10/c1-3-7-15-13(5-1)9-11-18-16-8-4-2-6-14(16)10-12-17(15)18;1-4-10-6-2-8-12-9-3-7-11(5-1)13(10)12/h1-12H;1-8H,9H2. The Morgan fingerprint density at radius 2 is 1.00 bits per heavy atom. The molecule has 0 heterocycles. The lowest BCUT2D eigenvalue weighted by Crippen LogP contribution is -1.91. The predicted molar refractivity (Wildman–Crippen MR) is 136 cm³/mol. The Bertz CT molecular complexity index is 1520. The molecule has 0 aromatic heterocycles. The quantitative estimate of drug-likeness (QED) is 0.226. The van der Waals surface area contributed by atoms with Gasteiger partial charge in [0.15, 0.2) is 0 Å². The molecule has 0 aliphatic heterocycles. The minimum atomic E-state index is 1.08. The van der Waals surface area contributed by atoms with Gasteiger partial charge in [0.1, 0.15) is 0 Å². The van der Waals surface area contributed by atoms with Crippen LogP contribution in [0.4, 0.5) is 0 Å². The highest BCUT2D eigenvalue weighted by molar-refractivity contribution is 6.17. The van der Waals surface area contributed by atoms with Crippen LogP contribution in [0.5, 0.6) is 0 Å². The number of fused-ring (bicyclic) bond motifs is 5. The third-order valence-electron chi connectivity index (χ3n) is 6.31. The maximum absolute atomic E-state index is 2.24. The van der Waals surface area contributed by atoms with Crippen molar-refractivity contribution in [2.24, 2.45) is 0 Å². The minimum absolute atomic E-state index is 1.08. The Hall–Kier alpha value is -3.90. The lowest BCUT2D eigenvalue weighted by atomic mass is 9.93. The molecule has 0 N–H and O–H groups in total. The van der Waals surface area contributed by atoms with Gasteiger partial charge in [0.2, 0.25) is 0 Å². The molecule has 0 fully saturated rings. The Balaban J connectivity index is 0.000000126. The second kappa shape index (κ2) is 7.41. The summed E-state index contributed by atoms with van der Waals surface area (Å²) in [5.41, 5.74) is 2.81. The van der Waals surface area contributed by atoms with Crippen molar-refractivity contribution in [2.45, 2.75) is 6.42 Å².